The molecule has 27 heavy (non-hydrogen) atoms. The molecule has 0 aromatic heterocycles. The Bertz CT molecular complexity index is 810. The van der Waals surface area contributed by atoms with Crippen LogP contribution in [0.15, 0.2) is 40.7 Å². The van der Waals surface area contributed by atoms with Crippen molar-refractivity contribution >= 4 is 41.3 Å². The lowest BCUT2D eigenvalue weighted by Gasteiger charge is -2.24. The highest BCUT2D eigenvalue weighted by Gasteiger charge is 2.23. The van der Waals surface area contributed by atoms with Crippen LogP contribution in [0.3, 0.4) is 0 Å². The minimum absolute atomic E-state index is 0.116. The van der Waals surface area contributed by atoms with Crippen LogP contribution in [-0.4, -0.2) is 23.7 Å². The van der Waals surface area contributed by atoms with Crippen molar-refractivity contribution in [3.8, 4) is 0 Å². The Hall–Kier alpha value is -1.92. The van der Waals surface area contributed by atoms with E-state index in [1.54, 1.807) is 25.3 Å². The lowest BCUT2D eigenvalue weighted by atomic mass is 9.83. The van der Waals surface area contributed by atoms with E-state index < -0.39 is 5.97 Å². The number of azo groups is 1. The number of nitrogens with zero attached hydrogens (tertiary/aromatic N) is 2. The molecule has 1 aliphatic rings. The van der Waals surface area contributed by atoms with Crippen molar-refractivity contribution in [3.63, 3.8) is 0 Å². The quantitative estimate of drug-likeness (QED) is 0.473. The summed E-state index contributed by atoms with van der Waals surface area (Å²) in [6.07, 6.45) is 6.31. The van der Waals surface area contributed by atoms with Crippen LogP contribution in [0.1, 0.15) is 44.4 Å². The Morgan fingerprint density at radius 1 is 1.37 bits per heavy atom. The standard InChI is InChI=1S/C20H23ClN2O3S/c1-5-26-18(24)7-6-13-10-14(15(11-16(13)21)20(2,3)4)12-27-17-8-9-22-23-19(17)25/h6-11,17H,5,12H2,1-4H3/b7-6+. The summed E-state index contributed by atoms with van der Waals surface area (Å²) in [5.41, 5.74) is 2.78. The predicted octanol–water partition coefficient (Wildman–Crippen LogP) is 5.32. The normalized spacial score (nSPS) is 16.9. The summed E-state index contributed by atoms with van der Waals surface area (Å²) in [5.74, 6) is -0.0517. The molecule has 144 valence electrons. The van der Waals surface area contributed by atoms with Gasteiger partial charge in [0.15, 0.2) is 0 Å². The average molecular weight is 407 g/mol. The third-order valence-corrected chi connectivity index (χ3v) is 5.38. The van der Waals surface area contributed by atoms with E-state index in [1.807, 2.05) is 12.1 Å². The van der Waals surface area contributed by atoms with Gasteiger partial charge in [-0.2, -0.15) is 5.11 Å². The zero-order chi connectivity index (χ0) is 20.0. The molecule has 2 rings (SSSR count). The number of hydrogen-bond donors (Lipinski definition) is 0. The Balaban J connectivity index is 2.30. The SMILES string of the molecule is CCOC(=O)/C=C/c1cc(CSC2C=CN=NC2=O)c(C(C)(C)C)cc1Cl. The van der Waals surface area contributed by atoms with E-state index in [0.717, 1.165) is 16.7 Å². The Kier molecular flexibility index (Phi) is 7.39. The van der Waals surface area contributed by atoms with Gasteiger partial charge in [-0.1, -0.05) is 32.4 Å². The van der Waals surface area contributed by atoms with Gasteiger partial charge in [-0.15, -0.1) is 16.9 Å². The second-order valence-corrected chi connectivity index (χ2v) is 8.53. The third-order valence-electron chi connectivity index (χ3n) is 3.86. The summed E-state index contributed by atoms with van der Waals surface area (Å²) in [6, 6.07) is 3.89. The van der Waals surface area contributed by atoms with Crippen LogP contribution in [0.2, 0.25) is 5.02 Å². The van der Waals surface area contributed by atoms with E-state index in [-0.39, 0.29) is 16.6 Å². The minimum Gasteiger partial charge on any atom is -0.463 e. The molecule has 1 heterocycles. The second-order valence-electron chi connectivity index (χ2n) is 6.99. The molecule has 0 fully saturated rings. The Morgan fingerprint density at radius 2 is 2.11 bits per heavy atom. The summed E-state index contributed by atoms with van der Waals surface area (Å²) < 4.78 is 4.91. The van der Waals surface area contributed by atoms with Crippen LogP contribution in [0, 0.1) is 0 Å². The maximum absolute atomic E-state index is 11.8. The number of carbonyl (C=O) groups is 2. The molecule has 7 heteroatoms. The molecule has 1 unspecified atom stereocenters. The molecule has 1 atom stereocenters. The second kappa shape index (κ2) is 9.33. The average Bonchev–Trinajstić information content (AvgIpc) is 2.60. The van der Waals surface area contributed by atoms with Gasteiger partial charge in [-0.05, 0) is 53.3 Å². The molecule has 1 aromatic rings. The molecule has 0 N–H and O–H groups in total. The molecule has 0 spiro atoms. The number of amides is 1. The van der Waals surface area contributed by atoms with Crippen LogP contribution < -0.4 is 0 Å². The minimum atomic E-state index is -0.410. The predicted molar refractivity (Wildman–Crippen MR) is 110 cm³/mol. The van der Waals surface area contributed by atoms with Crippen LogP contribution >= 0.6 is 23.4 Å². The number of thioether (sulfide) groups is 1. The lowest BCUT2D eigenvalue weighted by molar-refractivity contribution is -0.137. The van der Waals surface area contributed by atoms with Crippen molar-refractivity contribution in [1.82, 2.24) is 0 Å². The molecule has 0 aliphatic carbocycles. The maximum atomic E-state index is 11.8. The first-order valence-electron chi connectivity index (χ1n) is 8.63. The molecule has 1 aromatic carbocycles. The van der Waals surface area contributed by atoms with Crippen molar-refractivity contribution in [1.29, 1.82) is 0 Å². The van der Waals surface area contributed by atoms with Gasteiger partial charge in [-0.3, -0.25) is 4.79 Å². The van der Waals surface area contributed by atoms with Crippen molar-refractivity contribution in [2.24, 2.45) is 10.2 Å². The highest BCUT2D eigenvalue weighted by Crippen LogP contribution is 2.34. The first-order chi connectivity index (χ1) is 12.7. The number of halogens is 1. The largest absolute Gasteiger partial charge is 0.463 e. The van der Waals surface area contributed by atoms with Crippen molar-refractivity contribution in [2.45, 2.75) is 44.1 Å². The topological polar surface area (TPSA) is 68.1 Å². The monoisotopic (exact) mass is 406 g/mol. The van der Waals surface area contributed by atoms with Gasteiger partial charge < -0.3 is 4.74 Å². The van der Waals surface area contributed by atoms with Crippen molar-refractivity contribution in [3.05, 3.63) is 52.2 Å². The fraction of sp³-hybridized carbons (Fsp3) is 0.400. The van der Waals surface area contributed by atoms with Crippen molar-refractivity contribution < 1.29 is 14.3 Å². The fourth-order valence-corrected chi connectivity index (χ4v) is 3.78. The number of ether oxygens (including phenoxy) is 1. The molecule has 0 bridgehead atoms. The van der Waals surface area contributed by atoms with Crippen LogP contribution in [0.4, 0.5) is 0 Å². The number of hydrogen-bond acceptors (Lipinski definition) is 5. The van der Waals surface area contributed by atoms with Gasteiger partial charge in [0.1, 0.15) is 5.25 Å². The highest BCUT2D eigenvalue weighted by atomic mass is 35.5. The van der Waals surface area contributed by atoms with Gasteiger partial charge in [0, 0.05) is 23.1 Å². The molecule has 0 saturated carbocycles. The van der Waals surface area contributed by atoms with E-state index in [9.17, 15) is 9.59 Å². The summed E-state index contributed by atoms with van der Waals surface area (Å²) in [6.45, 7) is 8.41. The van der Waals surface area contributed by atoms with Crippen molar-refractivity contribution in [2.75, 3.05) is 6.61 Å². The molecule has 1 aliphatic heterocycles. The zero-order valence-electron chi connectivity index (χ0n) is 15.9. The molecule has 0 radical (unpaired) electrons. The summed E-state index contributed by atoms with van der Waals surface area (Å²) in [4.78, 5) is 23.4. The van der Waals surface area contributed by atoms with Gasteiger partial charge in [0.2, 0.25) is 0 Å². The van der Waals surface area contributed by atoms with E-state index in [2.05, 4.69) is 31.0 Å². The summed E-state index contributed by atoms with van der Waals surface area (Å²) in [7, 11) is 0. The summed E-state index contributed by atoms with van der Waals surface area (Å²) in [5, 5.41) is 7.42. The lowest BCUT2D eigenvalue weighted by Crippen LogP contribution is -2.17. The molecule has 5 nitrogen and oxygen atoms in total. The first-order valence-corrected chi connectivity index (χ1v) is 10.1. The van der Waals surface area contributed by atoms with Gasteiger partial charge in [-0.25, -0.2) is 4.79 Å². The van der Waals surface area contributed by atoms with Gasteiger partial charge in [0.25, 0.3) is 5.91 Å². The van der Waals surface area contributed by atoms with Gasteiger partial charge in [0.05, 0.1) is 6.61 Å². The highest BCUT2D eigenvalue weighted by molar-refractivity contribution is 8.00. The number of carbonyl (C=O) groups excluding carboxylic acids is 2. The molecular weight excluding hydrogens is 384 g/mol. The molecule has 0 saturated heterocycles. The van der Waals surface area contributed by atoms with E-state index in [0.29, 0.717) is 17.4 Å². The van der Waals surface area contributed by atoms with Crippen LogP contribution in [-0.2, 0) is 25.5 Å². The Labute approximate surface area is 168 Å². The van der Waals surface area contributed by atoms with E-state index in [4.69, 9.17) is 16.3 Å². The van der Waals surface area contributed by atoms with Crippen LogP contribution in [0.25, 0.3) is 6.08 Å². The molecule has 1 amide bonds. The number of rotatable bonds is 6. The third kappa shape index (κ3) is 6.04. The number of benzene rings is 1. The zero-order valence-corrected chi connectivity index (χ0v) is 17.4. The van der Waals surface area contributed by atoms with E-state index >= 15 is 0 Å². The summed E-state index contributed by atoms with van der Waals surface area (Å²) >= 11 is 7.92. The maximum Gasteiger partial charge on any atom is 0.330 e. The van der Waals surface area contributed by atoms with Gasteiger partial charge >= 0.3 is 5.97 Å². The Morgan fingerprint density at radius 3 is 2.74 bits per heavy atom. The van der Waals surface area contributed by atoms with Crippen LogP contribution in [0.5, 0.6) is 0 Å². The molecular formula is C20H23ClN2O3S. The fourth-order valence-electron chi connectivity index (χ4n) is 2.58. The smallest absolute Gasteiger partial charge is 0.330 e. The first kappa shape index (κ1) is 21.4. The number of esters is 1. The van der Waals surface area contributed by atoms with E-state index in [1.165, 1.54) is 17.8 Å².